The number of thiazole rings is 1. The molecule has 0 spiro atoms. The van der Waals surface area contributed by atoms with Crippen LogP contribution in [0.1, 0.15) is 10.4 Å². The molecule has 4 rings (SSSR count). The highest BCUT2D eigenvalue weighted by molar-refractivity contribution is 7.84. The first kappa shape index (κ1) is 17.6. The summed E-state index contributed by atoms with van der Waals surface area (Å²) in [6.07, 6.45) is 1.61. The van der Waals surface area contributed by atoms with Gasteiger partial charge in [-0.2, -0.15) is 0 Å². The van der Waals surface area contributed by atoms with E-state index in [1.807, 2.05) is 48.5 Å². The van der Waals surface area contributed by atoms with E-state index in [0.29, 0.717) is 16.1 Å². The van der Waals surface area contributed by atoms with Gasteiger partial charge in [0.2, 0.25) is 0 Å². The molecule has 0 radical (unpaired) electrons. The van der Waals surface area contributed by atoms with E-state index in [0.717, 1.165) is 20.8 Å². The van der Waals surface area contributed by atoms with E-state index in [4.69, 9.17) is 0 Å². The minimum atomic E-state index is -1.06. The fourth-order valence-corrected chi connectivity index (χ4v) is 4.28. The molecule has 0 aliphatic carbocycles. The maximum Gasteiger partial charge on any atom is 0.255 e. The number of aromatic nitrogens is 1. The van der Waals surface area contributed by atoms with E-state index in [1.54, 1.807) is 41.9 Å². The van der Waals surface area contributed by atoms with Gasteiger partial charge in [0.25, 0.3) is 5.91 Å². The van der Waals surface area contributed by atoms with Crippen molar-refractivity contribution < 1.29 is 9.00 Å². The number of hydrogen-bond donors (Lipinski definition) is 1. The first-order valence-corrected chi connectivity index (χ1v) is 10.7. The molecule has 0 saturated carbocycles. The van der Waals surface area contributed by atoms with Crippen LogP contribution in [0.15, 0.2) is 77.7 Å². The second kappa shape index (κ2) is 7.42. The van der Waals surface area contributed by atoms with Gasteiger partial charge in [0.05, 0.1) is 15.9 Å². The van der Waals surface area contributed by atoms with Crippen molar-refractivity contribution in [2.45, 2.75) is 4.90 Å². The molecule has 6 heteroatoms. The topological polar surface area (TPSA) is 59.1 Å². The number of nitrogens with one attached hydrogen (secondary N) is 1. The molecule has 0 saturated heterocycles. The molecular weight excluding hydrogens is 376 g/mol. The molecular formula is C21H16N2O2S2. The zero-order valence-electron chi connectivity index (χ0n) is 14.5. The lowest BCUT2D eigenvalue weighted by molar-refractivity contribution is 0.102. The standard InChI is InChI=1S/C21H16N2O2S2/c1-27(25)15-12-10-14(11-13-15)20(24)22-17-7-3-2-6-16(17)21-23-18-8-4-5-9-19(18)26-21/h2-13H,1H3,(H,22,24)/t27-/m1/s1. The molecule has 134 valence electrons. The Morgan fingerprint density at radius 3 is 2.41 bits per heavy atom. The van der Waals surface area contributed by atoms with Crippen LogP contribution in [0, 0.1) is 0 Å². The Hall–Kier alpha value is -2.83. The average Bonchev–Trinajstić information content (AvgIpc) is 3.12. The van der Waals surface area contributed by atoms with Crippen molar-refractivity contribution in [2.75, 3.05) is 11.6 Å². The van der Waals surface area contributed by atoms with E-state index < -0.39 is 10.8 Å². The van der Waals surface area contributed by atoms with E-state index in [2.05, 4.69) is 10.3 Å². The van der Waals surface area contributed by atoms with Crippen LogP contribution >= 0.6 is 11.3 Å². The quantitative estimate of drug-likeness (QED) is 0.534. The molecule has 0 aliphatic rings. The van der Waals surface area contributed by atoms with Gasteiger partial charge in [0.1, 0.15) is 5.01 Å². The second-order valence-electron chi connectivity index (χ2n) is 5.96. The van der Waals surface area contributed by atoms with Crippen LogP contribution in [0.4, 0.5) is 5.69 Å². The Balaban J connectivity index is 1.64. The Morgan fingerprint density at radius 1 is 0.963 bits per heavy atom. The molecule has 1 N–H and O–H groups in total. The van der Waals surface area contributed by atoms with Crippen LogP contribution in [0.25, 0.3) is 20.8 Å². The first-order chi connectivity index (χ1) is 13.1. The van der Waals surface area contributed by atoms with Crippen LogP contribution < -0.4 is 5.32 Å². The summed E-state index contributed by atoms with van der Waals surface area (Å²) in [6.45, 7) is 0. The Morgan fingerprint density at radius 2 is 1.67 bits per heavy atom. The molecule has 1 amide bonds. The van der Waals surface area contributed by atoms with Gasteiger partial charge in [-0.15, -0.1) is 11.3 Å². The third-order valence-corrected chi connectivity index (χ3v) is 6.15. The Labute approximate surface area is 163 Å². The number of para-hydroxylation sites is 2. The summed E-state index contributed by atoms with van der Waals surface area (Å²) in [5, 5.41) is 3.83. The van der Waals surface area contributed by atoms with E-state index in [1.165, 1.54) is 0 Å². The molecule has 4 aromatic rings. The molecule has 0 bridgehead atoms. The van der Waals surface area contributed by atoms with Crippen LogP contribution in [0.2, 0.25) is 0 Å². The third kappa shape index (κ3) is 3.67. The number of amides is 1. The van der Waals surface area contributed by atoms with Crippen LogP contribution in [-0.2, 0) is 10.8 Å². The molecule has 0 aliphatic heterocycles. The molecule has 1 heterocycles. The summed E-state index contributed by atoms with van der Waals surface area (Å²) >= 11 is 1.60. The predicted octanol–water partition coefficient (Wildman–Crippen LogP) is 4.95. The van der Waals surface area contributed by atoms with E-state index in [-0.39, 0.29) is 5.91 Å². The predicted molar refractivity (Wildman–Crippen MR) is 112 cm³/mol. The van der Waals surface area contributed by atoms with Gasteiger partial charge in [-0.05, 0) is 48.5 Å². The van der Waals surface area contributed by atoms with Crippen molar-refractivity contribution in [1.29, 1.82) is 0 Å². The highest BCUT2D eigenvalue weighted by Crippen LogP contribution is 2.34. The van der Waals surface area contributed by atoms with Gasteiger partial charge in [-0.25, -0.2) is 4.98 Å². The fraction of sp³-hybridized carbons (Fsp3) is 0.0476. The minimum Gasteiger partial charge on any atom is -0.321 e. The highest BCUT2D eigenvalue weighted by Gasteiger charge is 2.13. The number of hydrogen-bond acceptors (Lipinski definition) is 4. The number of fused-ring (bicyclic) bond motifs is 1. The average molecular weight is 393 g/mol. The van der Waals surface area contributed by atoms with Gasteiger partial charge < -0.3 is 5.32 Å². The van der Waals surface area contributed by atoms with Crippen LogP contribution in [0.5, 0.6) is 0 Å². The summed E-state index contributed by atoms with van der Waals surface area (Å²) in [6, 6.07) is 22.4. The molecule has 0 unspecified atom stereocenters. The first-order valence-electron chi connectivity index (χ1n) is 8.31. The maximum atomic E-state index is 12.6. The Bertz CT molecular complexity index is 1120. The molecule has 0 fully saturated rings. The van der Waals surface area contributed by atoms with Crippen molar-refractivity contribution in [1.82, 2.24) is 4.98 Å². The van der Waals surface area contributed by atoms with Crippen molar-refractivity contribution >= 4 is 43.9 Å². The van der Waals surface area contributed by atoms with Crippen LogP contribution in [-0.4, -0.2) is 21.4 Å². The van der Waals surface area contributed by atoms with E-state index in [9.17, 15) is 9.00 Å². The van der Waals surface area contributed by atoms with Gasteiger partial charge in [0.15, 0.2) is 0 Å². The fourth-order valence-electron chi connectivity index (χ4n) is 2.76. The number of rotatable bonds is 4. The Kier molecular flexibility index (Phi) is 4.83. The normalized spacial score (nSPS) is 12.0. The van der Waals surface area contributed by atoms with Crippen molar-refractivity contribution in [3.05, 3.63) is 78.4 Å². The zero-order valence-corrected chi connectivity index (χ0v) is 16.1. The van der Waals surface area contributed by atoms with Crippen molar-refractivity contribution in [2.24, 2.45) is 0 Å². The van der Waals surface area contributed by atoms with Gasteiger partial charge in [-0.3, -0.25) is 9.00 Å². The second-order valence-corrected chi connectivity index (χ2v) is 8.38. The highest BCUT2D eigenvalue weighted by atomic mass is 32.2. The molecule has 1 aromatic heterocycles. The summed E-state index contributed by atoms with van der Waals surface area (Å²) < 4.78 is 12.6. The lowest BCUT2D eigenvalue weighted by Crippen LogP contribution is -2.12. The number of carbonyl (C=O) groups is 1. The third-order valence-electron chi connectivity index (χ3n) is 4.15. The maximum absolute atomic E-state index is 12.6. The van der Waals surface area contributed by atoms with Crippen molar-refractivity contribution in [3.8, 4) is 10.6 Å². The number of anilines is 1. The van der Waals surface area contributed by atoms with Gasteiger partial charge in [0, 0.05) is 33.1 Å². The molecule has 3 aromatic carbocycles. The van der Waals surface area contributed by atoms with Crippen molar-refractivity contribution in [3.63, 3.8) is 0 Å². The minimum absolute atomic E-state index is 0.211. The number of benzene rings is 3. The lowest BCUT2D eigenvalue weighted by Gasteiger charge is -2.09. The zero-order chi connectivity index (χ0) is 18.8. The van der Waals surface area contributed by atoms with E-state index >= 15 is 0 Å². The summed E-state index contributed by atoms with van der Waals surface area (Å²) in [5.41, 5.74) is 3.06. The number of carbonyl (C=O) groups excluding carboxylic acids is 1. The summed E-state index contributed by atoms with van der Waals surface area (Å²) in [7, 11) is -1.06. The summed E-state index contributed by atoms with van der Waals surface area (Å²) in [4.78, 5) is 18.0. The number of nitrogens with zero attached hydrogens (tertiary/aromatic N) is 1. The van der Waals surface area contributed by atoms with Gasteiger partial charge >= 0.3 is 0 Å². The van der Waals surface area contributed by atoms with Crippen LogP contribution in [0.3, 0.4) is 0 Å². The molecule has 27 heavy (non-hydrogen) atoms. The lowest BCUT2D eigenvalue weighted by atomic mass is 10.1. The largest absolute Gasteiger partial charge is 0.321 e. The van der Waals surface area contributed by atoms with Gasteiger partial charge in [-0.1, -0.05) is 24.3 Å². The molecule has 4 nitrogen and oxygen atoms in total. The molecule has 1 atom stereocenters. The monoisotopic (exact) mass is 392 g/mol. The summed E-state index contributed by atoms with van der Waals surface area (Å²) in [5.74, 6) is -0.211. The smallest absolute Gasteiger partial charge is 0.255 e. The SMILES string of the molecule is C[S@@](=O)c1ccc(C(=O)Nc2ccccc2-c2nc3ccccc3s2)cc1.